The summed E-state index contributed by atoms with van der Waals surface area (Å²) in [6.07, 6.45) is 35.1. The van der Waals surface area contributed by atoms with Crippen LogP contribution in [0, 0.1) is 0 Å². The van der Waals surface area contributed by atoms with Crippen LogP contribution < -0.4 is 0 Å². The third-order valence-electron chi connectivity index (χ3n) is 12.7. The van der Waals surface area contributed by atoms with E-state index in [-0.39, 0.29) is 19.4 Å². The Morgan fingerprint density at radius 3 is 1.35 bits per heavy atom. The Balaban J connectivity index is 1.81. The number of esters is 2. The first-order valence-electron chi connectivity index (χ1n) is 27.5. The molecule has 0 aromatic rings. The summed E-state index contributed by atoms with van der Waals surface area (Å²) in [4.78, 5) is 25.8. The van der Waals surface area contributed by atoms with Crippen molar-refractivity contribution < 1.29 is 73.8 Å². The summed E-state index contributed by atoms with van der Waals surface area (Å²) >= 11 is 0. The van der Waals surface area contributed by atoms with Crippen LogP contribution >= 0.6 is 0 Å². The van der Waals surface area contributed by atoms with Crippen LogP contribution in [-0.2, 0) is 38.0 Å². The predicted molar refractivity (Wildman–Crippen MR) is 279 cm³/mol. The van der Waals surface area contributed by atoms with Crippen molar-refractivity contribution in [2.24, 2.45) is 0 Å². The molecule has 0 bridgehead atoms. The normalized spacial score (nSPS) is 25.6. The van der Waals surface area contributed by atoms with Crippen LogP contribution in [0.3, 0.4) is 0 Å². The minimum absolute atomic E-state index is 0.0909. The zero-order valence-electron chi connectivity index (χ0n) is 43.9. The molecule has 11 atom stereocenters. The molecule has 15 nitrogen and oxygen atoms in total. The number of ether oxygens (including phenoxy) is 6. The fourth-order valence-corrected chi connectivity index (χ4v) is 8.24. The Kier molecular flexibility index (Phi) is 39.0. The number of carbonyl (C=O) groups is 2. The van der Waals surface area contributed by atoms with Crippen LogP contribution in [0.15, 0.2) is 72.9 Å². The number of allylic oxidation sites excluding steroid dienone is 12. The van der Waals surface area contributed by atoms with Gasteiger partial charge in [0.15, 0.2) is 18.7 Å². The minimum Gasteiger partial charge on any atom is -0.462 e. The number of hydrogen-bond acceptors (Lipinski definition) is 15. The molecule has 2 saturated heterocycles. The van der Waals surface area contributed by atoms with Crippen LogP contribution in [0.25, 0.3) is 0 Å². The molecule has 7 N–H and O–H groups in total. The summed E-state index contributed by atoms with van der Waals surface area (Å²) in [5.74, 6) is -1.02. The van der Waals surface area contributed by atoms with Gasteiger partial charge in [0.05, 0.1) is 19.8 Å². The molecule has 4 unspecified atom stereocenters. The maximum atomic E-state index is 13.0. The third-order valence-corrected chi connectivity index (χ3v) is 12.7. The molecule has 0 amide bonds. The number of aliphatic hydroxyl groups excluding tert-OH is 7. The second-order valence-electron chi connectivity index (χ2n) is 19.0. The lowest BCUT2D eigenvalue weighted by Gasteiger charge is -2.42. The lowest BCUT2D eigenvalue weighted by molar-refractivity contribution is -0.332. The van der Waals surface area contributed by atoms with E-state index < -0.39 is 99.3 Å². The number of hydrogen-bond donors (Lipinski definition) is 7. The molecule has 2 aliphatic heterocycles. The van der Waals surface area contributed by atoms with Gasteiger partial charge in [0, 0.05) is 12.8 Å². The van der Waals surface area contributed by atoms with E-state index in [1.807, 2.05) is 12.2 Å². The van der Waals surface area contributed by atoms with Crippen molar-refractivity contribution >= 4 is 11.9 Å². The molecule has 0 spiro atoms. The summed E-state index contributed by atoms with van der Waals surface area (Å²) in [7, 11) is 0. The summed E-state index contributed by atoms with van der Waals surface area (Å²) < 4.78 is 33.6. The van der Waals surface area contributed by atoms with Gasteiger partial charge in [0.1, 0.15) is 55.4 Å². The van der Waals surface area contributed by atoms with E-state index in [0.717, 1.165) is 57.8 Å². The topological polar surface area (TPSA) is 231 Å². The van der Waals surface area contributed by atoms with Gasteiger partial charge in [-0.1, -0.05) is 189 Å². The Labute approximate surface area is 432 Å². The lowest BCUT2D eigenvalue weighted by Crippen LogP contribution is -2.61. The van der Waals surface area contributed by atoms with Crippen LogP contribution in [-0.4, -0.2) is 142 Å². The Bertz CT molecular complexity index is 1530. The fourth-order valence-electron chi connectivity index (χ4n) is 8.24. The molecule has 15 heteroatoms. The summed E-state index contributed by atoms with van der Waals surface area (Å²) in [6.45, 7) is 2.41. The molecule has 0 aromatic carbocycles. The smallest absolute Gasteiger partial charge is 0.306 e. The molecule has 0 radical (unpaired) electrons. The van der Waals surface area contributed by atoms with Crippen molar-refractivity contribution in [3.05, 3.63) is 72.9 Å². The van der Waals surface area contributed by atoms with Crippen LogP contribution in [0.2, 0.25) is 0 Å². The number of rotatable bonds is 42. The SMILES string of the molecule is CC/C=C/C/C=C/C/C=C/C/C=C/C/C=C/C/C=C/CCC(=O)OC[C@@H](CO[C@@H]1O[C@H](CO[C@@H]2O[C@H](CO)[C@H](O)C(O)C2O)[C@H](O)C(O)C1O)OC(=O)CCCCCCCCCCCCCCCCCCC. The van der Waals surface area contributed by atoms with Crippen molar-refractivity contribution in [1.29, 1.82) is 0 Å². The van der Waals surface area contributed by atoms with Gasteiger partial charge in [-0.15, -0.1) is 0 Å². The maximum Gasteiger partial charge on any atom is 0.306 e. The monoisotopic (exact) mass is 1020 g/mol. The Morgan fingerprint density at radius 2 is 0.875 bits per heavy atom. The van der Waals surface area contributed by atoms with Gasteiger partial charge in [0.25, 0.3) is 0 Å². The third kappa shape index (κ3) is 30.3. The molecule has 2 fully saturated rings. The second kappa shape index (κ2) is 43.2. The summed E-state index contributed by atoms with van der Waals surface area (Å²) in [5.41, 5.74) is 0. The average Bonchev–Trinajstić information content (AvgIpc) is 3.37. The highest BCUT2D eigenvalue weighted by Crippen LogP contribution is 2.26. The number of aliphatic hydroxyl groups is 7. The van der Waals surface area contributed by atoms with E-state index in [4.69, 9.17) is 28.4 Å². The van der Waals surface area contributed by atoms with Crippen LogP contribution in [0.5, 0.6) is 0 Å². The fraction of sp³-hybridized carbons (Fsp3) is 0.754. The first-order chi connectivity index (χ1) is 35.0. The van der Waals surface area contributed by atoms with E-state index in [2.05, 4.69) is 74.6 Å². The van der Waals surface area contributed by atoms with Gasteiger partial charge in [-0.05, 0) is 51.4 Å². The van der Waals surface area contributed by atoms with Crippen molar-refractivity contribution in [3.63, 3.8) is 0 Å². The van der Waals surface area contributed by atoms with Gasteiger partial charge in [-0.2, -0.15) is 0 Å². The van der Waals surface area contributed by atoms with Crippen LogP contribution in [0.4, 0.5) is 0 Å². The highest BCUT2D eigenvalue weighted by Gasteiger charge is 2.47. The molecule has 0 aliphatic carbocycles. The Hall–Kier alpha value is -3.06. The maximum absolute atomic E-state index is 13.0. The van der Waals surface area contributed by atoms with Crippen molar-refractivity contribution in [3.8, 4) is 0 Å². The van der Waals surface area contributed by atoms with Gasteiger partial charge in [-0.25, -0.2) is 0 Å². The molecular weight excluding hydrogens is 925 g/mol. The van der Waals surface area contributed by atoms with Crippen LogP contribution in [0.1, 0.15) is 181 Å². The predicted octanol–water partition coefficient (Wildman–Crippen LogP) is 8.60. The van der Waals surface area contributed by atoms with Crippen molar-refractivity contribution in [2.75, 3.05) is 26.4 Å². The molecule has 0 saturated carbocycles. The van der Waals surface area contributed by atoms with E-state index in [9.17, 15) is 45.3 Å². The van der Waals surface area contributed by atoms with Gasteiger partial charge in [-0.3, -0.25) is 9.59 Å². The molecule has 2 heterocycles. The van der Waals surface area contributed by atoms with E-state index in [0.29, 0.717) is 12.8 Å². The van der Waals surface area contributed by atoms with E-state index in [1.54, 1.807) is 0 Å². The zero-order valence-corrected chi connectivity index (χ0v) is 43.9. The lowest BCUT2D eigenvalue weighted by atomic mass is 9.98. The summed E-state index contributed by atoms with van der Waals surface area (Å²) in [5, 5.41) is 72.2. The molecule has 2 rings (SSSR count). The quantitative estimate of drug-likeness (QED) is 0.0172. The summed E-state index contributed by atoms with van der Waals surface area (Å²) in [6, 6.07) is 0. The standard InChI is InChI=1S/C57H96O15/c1-3-5-7-9-11-13-15-17-19-21-22-24-25-27-29-31-33-35-37-39-48(59)67-42-45(70-49(60)40-38-36-34-32-30-28-26-23-20-18-16-14-12-10-8-6-4-2)43-68-56-55(66)53(64)51(62)47(72-56)44-69-57-54(65)52(63)50(61)46(41-58)71-57/h5,7,11,13,17,19,22,24,27,29,33,35,45-47,50-58,61-66H,3-4,6,8-10,12,14-16,18,20-21,23,25-26,28,30-32,34,36-44H2,1-2H3/b7-5+,13-11+,19-17+,24-22+,29-27+,35-33+/t45-,46+,47+,50-,51-,52?,53?,54?,55?,56+,57+/m0/s1. The Morgan fingerprint density at radius 1 is 0.458 bits per heavy atom. The van der Waals surface area contributed by atoms with Crippen molar-refractivity contribution in [2.45, 2.75) is 248 Å². The number of carbonyl (C=O) groups excluding carboxylic acids is 2. The van der Waals surface area contributed by atoms with E-state index >= 15 is 0 Å². The van der Waals surface area contributed by atoms with Gasteiger partial charge < -0.3 is 64.2 Å². The first kappa shape index (κ1) is 65.1. The molecule has 72 heavy (non-hydrogen) atoms. The zero-order chi connectivity index (χ0) is 52.4. The molecular formula is C57H96O15. The molecule has 2 aliphatic rings. The van der Waals surface area contributed by atoms with Gasteiger partial charge >= 0.3 is 11.9 Å². The largest absolute Gasteiger partial charge is 0.462 e. The van der Waals surface area contributed by atoms with Crippen molar-refractivity contribution in [1.82, 2.24) is 0 Å². The highest BCUT2D eigenvalue weighted by atomic mass is 16.7. The molecule has 0 aromatic heterocycles. The first-order valence-corrected chi connectivity index (χ1v) is 27.5. The highest BCUT2D eigenvalue weighted by molar-refractivity contribution is 5.70. The van der Waals surface area contributed by atoms with E-state index in [1.165, 1.54) is 83.5 Å². The molecule has 414 valence electrons. The number of unbranched alkanes of at least 4 members (excludes halogenated alkanes) is 16. The second-order valence-corrected chi connectivity index (χ2v) is 19.0. The average molecular weight is 1020 g/mol. The minimum atomic E-state index is -1.78. The van der Waals surface area contributed by atoms with Gasteiger partial charge in [0.2, 0.25) is 0 Å².